The normalized spacial score (nSPS) is 10.5. The Bertz CT molecular complexity index is 420. The standard InChI is InChI=1S/C9H4F3NO2/c10-9(11,12)15-8-2-6(4-13)1-7(3-8)5-14/h1-3,5H. The van der Waals surface area contributed by atoms with Crippen LogP contribution in [0.1, 0.15) is 15.9 Å². The minimum atomic E-state index is -4.84. The number of nitriles is 1. The molecule has 78 valence electrons. The summed E-state index contributed by atoms with van der Waals surface area (Å²) in [5.74, 6) is -0.580. The quantitative estimate of drug-likeness (QED) is 0.711. The van der Waals surface area contributed by atoms with E-state index in [9.17, 15) is 18.0 Å². The van der Waals surface area contributed by atoms with E-state index in [1.807, 2.05) is 0 Å². The molecule has 0 heterocycles. The lowest BCUT2D eigenvalue weighted by Gasteiger charge is -2.09. The maximum Gasteiger partial charge on any atom is 0.573 e. The molecular formula is C9H4F3NO2. The molecule has 1 aromatic carbocycles. The minimum absolute atomic E-state index is 0.0479. The van der Waals surface area contributed by atoms with E-state index in [2.05, 4.69) is 4.74 Å². The maximum atomic E-state index is 11.8. The van der Waals surface area contributed by atoms with Crippen LogP contribution in [0.25, 0.3) is 0 Å². The summed E-state index contributed by atoms with van der Waals surface area (Å²) >= 11 is 0. The van der Waals surface area contributed by atoms with E-state index in [0.717, 1.165) is 18.2 Å². The number of ether oxygens (including phenoxy) is 1. The number of carbonyl (C=O) groups excluding carboxylic acids is 1. The molecule has 0 aliphatic rings. The SMILES string of the molecule is N#Cc1cc(C=O)cc(OC(F)(F)F)c1. The summed E-state index contributed by atoms with van der Waals surface area (Å²) in [4.78, 5) is 10.3. The van der Waals surface area contributed by atoms with Crippen LogP contribution in [0.2, 0.25) is 0 Å². The molecule has 0 aromatic heterocycles. The van der Waals surface area contributed by atoms with E-state index >= 15 is 0 Å². The van der Waals surface area contributed by atoms with Gasteiger partial charge in [0.15, 0.2) is 0 Å². The molecule has 1 rings (SSSR count). The van der Waals surface area contributed by atoms with Crippen LogP contribution < -0.4 is 4.74 Å². The van der Waals surface area contributed by atoms with Crippen molar-refractivity contribution in [2.24, 2.45) is 0 Å². The number of rotatable bonds is 2. The van der Waals surface area contributed by atoms with Crippen molar-refractivity contribution in [3.63, 3.8) is 0 Å². The van der Waals surface area contributed by atoms with Crippen LogP contribution >= 0.6 is 0 Å². The molecule has 0 amide bonds. The number of nitrogens with zero attached hydrogens (tertiary/aromatic N) is 1. The smallest absolute Gasteiger partial charge is 0.406 e. The number of benzene rings is 1. The van der Waals surface area contributed by atoms with Gasteiger partial charge in [-0.05, 0) is 18.2 Å². The van der Waals surface area contributed by atoms with Crippen LogP contribution in [-0.2, 0) is 0 Å². The van der Waals surface area contributed by atoms with Crippen molar-refractivity contribution in [2.45, 2.75) is 6.36 Å². The molecule has 0 fully saturated rings. The van der Waals surface area contributed by atoms with Crippen LogP contribution in [0.5, 0.6) is 5.75 Å². The van der Waals surface area contributed by atoms with Gasteiger partial charge < -0.3 is 4.74 Å². The molecule has 0 N–H and O–H groups in total. The highest BCUT2D eigenvalue weighted by Gasteiger charge is 2.31. The lowest BCUT2D eigenvalue weighted by Crippen LogP contribution is -2.17. The summed E-state index contributed by atoms with van der Waals surface area (Å²) in [6.45, 7) is 0. The largest absolute Gasteiger partial charge is 0.573 e. The van der Waals surface area contributed by atoms with Crippen LogP contribution in [0.15, 0.2) is 18.2 Å². The summed E-state index contributed by atoms with van der Waals surface area (Å²) in [6.07, 6.45) is -4.50. The Morgan fingerprint density at radius 2 is 2.00 bits per heavy atom. The maximum absolute atomic E-state index is 11.8. The first-order valence-electron chi connectivity index (χ1n) is 3.71. The van der Waals surface area contributed by atoms with Gasteiger partial charge in [0.25, 0.3) is 0 Å². The zero-order chi connectivity index (χ0) is 11.5. The second-order valence-corrected chi connectivity index (χ2v) is 2.57. The molecule has 0 saturated heterocycles. The average molecular weight is 215 g/mol. The number of alkyl halides is 3. The molecule has 0 radical (unpaired) electrons. The van der Waals surface area contributed by atoms with Gasteiger partial charge in [-0.15, -0.1) is 13.2 Å². The lowest BCUT2D eigenvalue weighted by atomic mass is 10.1. The minimum Gasteiger partial charge on any atom is -0.406 e. The molecule has 0 spiro atoms. The molecule has 3 nitrogen and oxygen atoms in total. The number of halogens is 3. The molecule has 0 saturated carbocycles. The van der Waals surface area contributed by atoms with Crippen molar-refractivity contribution < 1.29 is 22.7 Å². The predicted molar refractivity (Wildman–Crippen MR) is 43.2 cm³/mol. The van der Waals surface area contributed by atoms with E-state index < -0.39 is 12.1 Å². The van der Waals surface area contributed by atoms with E-state index in [1.165, 1.54) is 0 Å². The molecule has 0 atom stereocenters. The molecule has 0 bridgehead atoms. The zero-order valence-corrected chi connectivity index (χ0v) is 7.21. The lowest BCUT2D eigenvalue weighted by molar-refractivity contribution is -0.274. The van der Waals surface area contributed by atoms with E-state index in [1.54, 1.807) is 6.07 Å². The predicted octanol–water partition coefficient (Wildman–Crippen LogP) is 2.27. The molecular weight excluding hydrogens is 211 g/mol. The fourth-order valence-electron chi connectivity index (χ4n) is 0.947. The first-order valence-corrected chi connectivity index (χ1v) is 3.71. The Balaban J connectivity index is 3.09. The Morgan fingerprint density at radius 1 is 1.33 bits per heavy atom. The first-order chi connectivity index (χ1) is 6.94. The fourth-order valence-corrected chi connectivity index (χ4v) is 0.947. The van der Waals surface area contributed by atoms with Crippen molar-refractivity contribution in [3.05, 3.63) is 29.3 Å². The molecule has 0 aliphatic carbocycles. The monoisotopic (exact) mass is 215 g/mol. The highest BCUT2D eigenvalue weighted by atomic mass is 19.4. The topological polar surface area (TPSA) is 50.1 Å². The average Bonchev–Trinajstić information content (AvgIpc) is 2.14. The van der Waals surface area contributed by atoms with Crippen molar-refractivity contribution in [3.8, 4) is 11.8 Å². The third-order valence-electron chi connectivity index (χ3n) is 1.43. The Morgan fingerprint density at radius 3 is 2.47 bits per heavy atom. The summed E-state index contributed by atoms with van der Waals surface area (Å²) < 4.78 is 39.0. The molecule has 6 heteroatoms. The summed E-state index contributed by atoms with van der Waals surface area (Å²) in [5.41, 5.74) is -0.118. The van der Waals surface area contributed by atoms with Crippen molar-refractivity contribution in [2.75, 3.05) is 0 Å². The van der Waals surface area contributed by atoms with Crippen LogP contribution in [0.4, 0.5) is 13.2 Å². The van der Waals surface area contributed by atoms with Gasteiger partial charge in [-0.25, -0.2) is 0 Å². The van der Waals surface area contributed by atoms with Crippen molar-refractivity contribution in [1.29, 1.82) is 5.26 Å². The van der Waals surface area contributed by atoms with Gasteiger partial charge in [0, 0.05) is 5.56 Å². The summed E-state index contributed by atoms with van der Waals surface area (Å²) in [6, 6.07) is 4.59. The summed E-state index contributed by atoms with van der Waals surface area (Å²) in [5, 5.41) is 8.48. The van der Waals surface area contributed by atoms with Crippen molar-refractivity contribution >= 4 is 6.29 Å². The molecule has 0 unspecified atom stereocenters. The Labute approximate surface area is 82.7 Å². The van der Waals surface area contributed by atoms with Crippen LogP contribution in [-0.4, -0.2) is 12.6 Å². The Hall–Kier alpha value is -2.03. The highest BCUT2D eigenvalue weighted by Crippen LogP contribution is 2.24. The Kier molecular flexibility index (Phi) is 2.95. The molecule has 1 aromatic rings. The second-order valence-electron chi connectivity index (χ2n) is 2.57. The summed E-state index contributed by atoms with van der Waals surface area (Å²) in [7, 11) is 0. The van der Waals surface area contributed by atoms with Crippen molar-refractivity contribution in [1.82, 2.24) is 0 Å². The van der Waals surface area contributed by atoms with Crippen LogP contribution in [0, 0.1) is 11.3 Å². The number of carbonyl (C=O) groups is 1. The number of aldehydes is 1. The van der Waals surface area contributed by atoms with Gasteiger partial charge in [0.1, 0.15) is 12.0 Å². The number of hydrogen-bond acceptors (Lipinski definition) is 3. The van der Waals surface area contributed by atoms with E-state index in [0.29, 0.717) is 6.29 Å². The highest BCUT2D eigenvalue weighted by molar-refractivity contribution is 5.76. The third kappa shape index (κ3) is 3.31. The van der Waals surface area contributed by atoms with Crippen LogP contribution in [0.3, 0.4) is 0 Å². The zero-order valence-electron chi connectivity index (χ0n) is 7.21. The van der Waals surface area contributed by atoms with Gasteiger partial charge in [0.2, 0.25) is 0 Å². The van der Waals surface area contributed by atoms with Gasteiger partial charge in [-0.3, -0.25) is 4.79 Å². The van der Waals surface area contributed by atoms with E-state index in [4.69, 9.17) is 5.26 Å². The fraction of sp³-hybridized carbons (Fsp3) is 0.111. The van der Waals surface area contributed by atoms with Gasteiger partial charge in [-0.1, -0.05) is 0 Å². The number of hydrogen-bond donors (Lipinski definition) is 0. The first kappa shape index (κ1) is 11.0. The second kappa shape index (κ2) is 4.00. The van der Waals surface area contributed by atoms with Gasteiger partial charge in [-0.2, -0.15) is 5.26 Å². The molecule has 15 heavy (non-hydrogen) atoms. The van der Waals surface area contributed by atoms with E-state index in [-0.39, 0.29) is 11.1 Å². The molecule has 0 aliphatic heterocycles. The van der Waals surface area contributed by atoms with Gasteiger partial charge in [0.05, 0.1) is 11.6 Å². The van der Waals surface area contributed by atoms with Gasteiger partial charge >= 0.3 is 6.36 Å². The third-order valence-corrected chi connectivity index (χ3v) is 1.43.